The van der Waals surface area contributed by atoms with Crippen molar-refractivity contribution in [3.05, 3.63) is 34.4 Å². The second-order valence-corrected chi connectivity index (χ2v) is 5.21. The van der Waals surface area contributed by atoms with Crippen molar-refractivity contribution in [1.29, 1.82) is 0 Å². The first kappa shape index (κ1) is 16.9. The molecule has 8 nitrogen and oxygen atoms in total. The predicted octanol–water partition coefficient (Wildman–Crippen LogP) is 1.07. The monoisotopic (exact) mass is 313 g/mol. The topological polar surface area (TPSA) is 136 Å². The smallest absolute Gasteiger partial charge is 0.320 e. The van der Waals surface area contributed by atoms with Gasteiger partial charge in [-0.2, -0.15) is 11.8 Å². The summed E-state index contributed by atoms with van der Waals surface area (Å²) in [6.45, 7) is 0. The molecule has 0 heterocycles. The van der Waals surface area contributed by atoms with Gasteiger partial charge in [0.2, 0.25) is 5.91 Å². The first-order chi connectivity index (χ1) is 9.91. The summed E-state index contributed by atoms with van der Waals surface area (Å²) in [5, 5.41) is 21.8. The summed E-state index contributed by atoms with van der Waals surface area (Å²) in [7, 11) is 0. The molecule has 1 amide bonds. The summed E-state index contributed by atoms with van der Waals surface area (Å²) in [6.07, 6.45) is 0.249. The molecule has 21 heavy (non-hydrogen) atoms. The van der Waals surface area contributed by atoms with Crippen LogP contribution in [-0.2, 0) is 9.59 Å². The molecule has 0 saturated carbocycles. The molecule has 0 aromatic heterocycles. The summed E-state index contributed by atoms with van der Waals surface area (Å²) in [5.74, 6) is -0.992. The third kappa shape index (κ3) is 5.79. The highest BCUT2D eigenvalue weighted by molar-refractivity contribution is 7.99. The van der Waals surface area contributed by atoms with Crippen LogP contribution in [0.5, 0.6) is 0 Å². The number of amides is 1. The van der Waals surface area contributed by atoms with Crippen molar-refractivity contribution < 1.29 is 19.6 Å². The fourth-order valence-electron chi connectivity index (χ4n) is 1.42. The number of hydrogen-bond donors (Lipinski definition) is 3. The quantitative estimate of drug-likeness (QED) is 0.371. The van der Waals surface area contributed by atoms with Gasteiger partial charge in [-0.15, -0.1) is 0 Å². The number of nitro benzene ring substituents is 1. The summed E-state index contributed by atoms with van der Waals surface area (Å²) in [4.78, 5) is 32.4. The van der Waals surface area contributed by atoms with Gasteiger partial charge in [-0.05, 0) is 18.2 Å². The molecule has 0 saturated heterocycles. The van der Waals surface area contributed by atoms with Gasteiger partial charge in [0.15, 0.2) is 0 Å². The molecule has 0 bridgehead atoms. The minimum atomic E-state index is -1.08. The zero-order valence-electron chi connectivity index (χ0n) is 11.0. The van der Waals surface area contributed by atoms with Crippen LogP contribution in [0.1, 0.15) is 6.42 Å². The van der Waals surface area contributed by atoms with Crippen LogP contribution in [0.25, 0.3) is 0 Å². The summed E-state index contributed by atoms with van der Waals surface area (Å²) in [6, 6.07) is 4.89. The Morgan fingerprint density at radius 3 is 2.71 bits per heavy atom. The number of carbonyl (C=O) groups excluding carboxylic acids is 1. The molecular formula is C12H15N3O5S. The maximum absolute atomic E-state index is 11.7. The first-order valence-corrected chi connectivity index (χ1v) is 7.16. The molecule has 1 aromatic carbocycles. The molecule has 1 atom stereocenters. The lowest BCUT2D eigenvalue weighted by molar-refractivity contribution is -0.383. The number of nitro groups is 1. The number of carboxylic acid groups (broad SMARTS) is 1. The van der Waals surface area contributed by atoms with Crippen LogP contribution in [0.2, 0.25) is 0 Å². The summed E-state index contributed by atoms with van der Waals surface area (Å²) >= 11 is 1.22. The first-order valence-electron chi connectivity index (χ1n) is 6.01. The molecule has 0 aliphatic carbocycles. The second kappa shape index (κ2) is 8.22. The van der Waals surface area contributed by atoms with E-state index >= 15 is 0 Å². The third-order valence-electron chi connectivity index (χ3n) is 2.50. The highest BCUT2D eigenvalue weighted by Gasteiger charge is 2.15. The SMILES string of the molecule is NC(CCSCC(=O)Nc1ccccc1[N+](=O)[O-])C(=O)O. The van der Waals surface area contributed by atoms with Gasteiger partial charge in [0.1, 0.15) is 11.7 Å². The molecule has 1 rings (SSSR count). The van der Waals surface area contributed by atoms with Crippen LogP contribution in [-0.4, -0.2) is 39.5 Å². The zero-order valence-corrected chi connectivity index (χ0v) is 11.8. The lowest BCUT2D eigenvalue weighted by Crippen LogP contribution is -2.30. The van der Waals surface area contributed by atoms with E-state index in [-0.39, 0.29) is 23.5 Å². The number of nitrogens with two attached hydrogens (primary N) is 1. The largest absolute Gasteiger partial charge is 0.480 e. The molecule has 1 aromatic rings. The van der Waals surface area contributed by atoms with E-state index in [4.69, 9.17) is 10.8 Å². The minimum absolute atomic E-state index is 0.0678. The third-order valence-corrected chi connectivity index (χ3v) is 3.49. The molecule has 9 heteroatoms. The van der Waals surface area contributed by atoms with Crippen LogP contribution in [0.3, 0.4) is 0 Å². The molecule has 0 radical (unpaired) electrons. The predicted molar refractivity (Wildman–Crippen MR) is 79.3 cm³/mol. The van der Waals surface area contributed by atoms with Crippen LogP contribution >= 0.6 is 11.8 Å². The van der Waals surface area contributed by atoms with Gasteiger partial charge in [-0.3, -0.25) is 19.7 Å². The van der Waals surface area contributed by atoms with E-state index in [0.29, 0.717) is 5.75 Å². The van der Waals surface area contributed by atoms with Crippen molar-refractivity contribution in [1.82, 2.24) is 0 Å². The van der Waals surface area contributed by atoms with E-state index in [1.165, 1.54) is 30.0 Å². The Balaban J connectivity index is 2.41. The molecule has 1 unspecified atom stereocenters. The standard InChI is InChI=1S/C12H15N3O5S/c13-8(12(17)18)5-6-21-7-11(16)14-9-3-1-2-4-10(9)15(19)20/h1-4,8H,5-7,13H2,(H,14,16)(H,17,18). The van der Waals surface area contributed by atoms with Gasteiger partial charge in [0.25, 0.3) is 5.69 Å². The minimum Gasteiger partial charge on any atom is -0.480 e. The van der Waals surface area contributed by atoms with Gasteiger partial charge in [-0.1, -0.05) is 12.1 Å². The Morgan fingerprint density at radius 1 is 1.43 bits per heavy atom. The Labute approximate surface area is 124 Å². The maximum Gasteiger partial charge on any atom is 0.320 e. The van der Waals surface area contributed by atoms with Crippen molar-refractivity contribution >= 4 is 35.0 Å². The van der Waals surface area contributed by atoms with Crippen LogP contribution in [0.4, 0.5) is 11.4 Å². The van der Waals surface area contributed by atoms with Crippen molar-refractivity contribution in [2.45, 2.75) is 12.5 Å². The fraction of sp³-hybridized carbons (Fsp3) is 0.333. The van der Waals surface area contributed by atoms with Gasteiger partial charge in [-0.25, -0.2) is 0 Å². The lowest BCUT2D eigenvalue weighted by atomic mass is 10.2. The van der Waals surface area contributed by atoms with E-state index in [2.05, 4.69) is 5.32 Å². The zero-order chi connectivity index (χ0) is 15.8. The molecule has 4 N–H and O–H groups in total. The molecule has 114 valence electrons. The van der Waals surface area contributed by atoms with Crippen LogP contribution in [0.15, 0.2) is 24.3 Å². The summed E-state index contributed by atoms with van der Waals surface area (Å²) in [5.41, 5.74) is 5.28. The highest BCUT2D eigenvalue weighted by Crippen LogP contribution is 2.23. The number of thioether (sulfide) groups is 1. The second-order valence-electron chi connectivity index (χ2n) is 4.11. The molecule has 0 aliphatic heterocycles. The number of benzene rings is 1. The number of carbonyl (C=O) groups is 2. The molecular weight excluding hydrogens is 298 g/mol. The van der Waals surface area contributed by atoms with E-state index in [9.17, 15) is 19.7 Å². The number of carboxylic acids is 1. The Kier molecular flexibility index (Phi) is 6.63. The van der Waals surface area contributed by atoms with Crippen LogP contribution in [0, 0.1) is 10.1 Å². The van der Waals surface area contributed by atoms with Gasteiger partial charge in [0.05, 0.1) is 10.7 Å². The molecule has 0 fully saturated rings. The van der Waals surface area contributed by atoms with Gasteiger partial charge in [0, 0.05) is 6.07 Å². The average Bonchev–Trinajstić information content (AvgIpc) is 2.43. The summed E-state index contributed by atoms with van der Waals surface area (Å²) < 4.78 is 0. The van der Waals surface area contributed by atoms with Crippen molar-refractivity contribution in [2.24, 2.45) is 5.73 Å². The highest BCUT2D eigenvalue weighted by atomic mass is 32.2. The number of para-hydroxylation sites is 2. The number of nitrogens with zero attached hydrogens (tertiary/aromatic N) is 1. The maximum atomic E-state index is 11.7. The number of rotatable bonds is 8. The van der Waals surface area contributed by atoms with Crippen molar-refractivity contribution in [3.8, 4) is 0 Å². The number of anilines is 1. The normalized spacial score (nSPS) is 11.7. The Hall–Kier alpha value is -2.13. The van der Waals surface area contributed by atoms with Crippen molar-refractivity contribution in [2.75, 3.05) is 16.8 Å². The molecule has 0 spiro atoms. The number of nitrogens with one attached hydrogen (secondary N) is 1. The number of hydrogen-bond acceptors (Lipinski definition) is 6. The lowest BCUT2D eigenvalue weighted by Gasteiger charge is -2.07. The Bertz CT molecular complexity index is 537. The fourth-order valence-corrected chi connectivity index (χ4v) is 2.25. The van der Waals surface area contributed by atoms with Crippen molar-refractivity contribution in [3.63, 3.8) is 0 Å². The van der Waals surface area contributed by atoms with E-state index in [1.807, 2.05) is 0 Å². The average molecular weight is 313 g/mol. The van der Waals surface area contributed by atoms with E-state index in [0.717, 1.165) is 0 Å². The van der Waals surface area contributed by atoms with E-state index in [1.54, 1.807) is 6.07 Å². The van der Waals surface area contributed by atoms with Gasteiger partial charge < -0.3 is 16.2 Å². The van der Waals surface area contributed by atoms with Crippen LogP contribution < -0.4 is 11.1 Å². The molecule has 0 aliphatic rings. The number of aliphatic carboxylic acids is 1. The van der Waals surface area contributed by atoms with E-state index < -0.39 is 22.8 Å². The van der Waals surface area contributed by atoms with Gasteiger partial charge >= 0.3 is 5.97 Å². The Morgan fingerprint density at radius 2 is 2.10 bits per heavy atom.